The van der Waals surface area contributed by atoms with E-state index in [9.17, 15) is 4.79 Å². The maximum Gasteiger partial charge on any atom is 0.220 e. The molecule has 0 aliphatic carbocycles. The molecule has 0 bridgehead atoms. The first-order valence-corrected chi connectivity index (χ1v) is 6.40. The molecule has 0 heterocycles. The zero-order valence-corrected chi connectivity index (χ0v) is 11.8. The molecule has 0 aromatic carbocycles. The van der Waals surface area contributed by atoms with Crippen LogP contribution in [0.1, 0.15) is 59.8 Å². The normalized spacial score (nSPS) is 11.1. The molecule has 0 saturated heterocycles. The number of hydrogen-bond donors (Lipinski definition) is 1. The quantitative estimate of drug-likeness (QED) is 0.522. The largest absolute Gasteiger partial charge is 0.499 e. The van der Waals surface area contributed by atoms with Crippen LogP contribution >= 0.6 is 0 Å². The molecule has 0 aliphatic heterocycles. The maximum absolute atomic E-state index is 11.5. The minimum Gasteiger partial charge on any atom is -0.499 e. The van der Waals surface area contributed by atoms with Crippen LogP contribution in [0.2, 0.25) is 0 Å². The average Bonchev–Trinajstić information content (AvgIpc) is 2.12. The summed E-state index contributed by atoms with van der Waals surface area (Å²) in [7, 11) is 0. The topological polar surface area (TPSA) is 38.3 Å². The Balaban J connectivity index is 3.34. The van der Waals surface area contributed by atoms with Gasteiger partial charge in [-0.05, 0) is 40.5 Å². The summed E-state index contributed by atoms with van der Waals surface area (Å²) in [6.07, 6.45) is 4.80. The van der Waals surface area contributed by atoms with E-state index < -0.39 is 0 Å². The van der Waals surface area contributed by atoms with Crippen molar-refractivity contribution >= 4 is 5.91 Å². The Morgan fingerprint density at radius 1 is 1.18 bits per heavy atom. The van der Waals surface area contributed by atoms with Crippen LogP contribution in [0, 0.1) is 0 Å². The van der Waals surface area contributed by atoms with Crippen molar-refractivity contribution in [3.8, 4) is 0 Å². The standard InChI is InChI=1S/C14H27NO2/c1-12(2)17-11-9-7-6-8-10-13(16)15-14(3,4)5/h1,6-11H2,2-5H3,(H,15,16). The molecule has 0 fully saturated rings. The number of allylic oxidation sites excluding steroid dienone is 1. The molecule has 1 N–H and O–H groups in total. The Labute approximate surface area is 106 Å². The van der Waals surface area contributed by atoms with Gasteiger partial charge in [0.1, 0.15) is 0 Å². The molecule has 0 rings (SSSR count). The van der Waals surface area contributed by atoms with Crippen molar-refractivity contribution in [2.24, 2.45) is 0 Å². The van der Waals surface area contributed by atoms with E-state index >= 15 is 0 Å². The number of nitrogens with one attached hydrogen (secondary N) is 1. The van der Waals surface area contributed by atoms with Crippen molar-refractivity contribution in [2.75, 3.05) is 6.61 Å². The van der Waals surface area contributed by atoms with Gasteiger partial charge in [-0.1, -0.05) is 19.4 Å². The summed E-state index contributed by atoms with van der Waals surface area (Å²) in [5.41, 5.74) is -0.119. The lowest BCUT2D eigenvalue weighted by atomic mass is 10.1. The zero-order valence-electron chi connectivity index (χ0n) is 11.8. The van der Waals surface area contributed by atoms with Crippen molar-refractivity contribution in [1.82, 2.24) is 5.32 Å². The van der Waals surface area contributed by atoms with Gasteiger partial charge in [0.25, 0.3) is 0 Å². The summed E-state index contributed by atoms with van der Waals surface area (Å²) < 4.78 is 5.26. The fraction of sp³-hybridized carbons (Fsp3) is 0.786. The van der Waals surface area contributed by atoms with Gasteiger partial charge in [0.05, 0.1) is 12.4 Å². The molecule has 3 nitrogen and oxygen atoms in total. The van der Waals surface area contributed by atoms with E-state index in [0.29, 0.717) is 6.42 Å². The fourth-order valence-electron chi connectivity index (χ4n) is 1.47. The molecule has 1 amide bonds. The Hall–Kier alpha value is -0.990. The summed E-state index contributed by atoms with van der Waals surface area (Å²) in [6.45, 7) is 12.3. The molecule has 100 valence electrons. The Kier molecular flexibility index (Phi) is 7.68. The summed E-state index contributed by atoms with van der Waals surface area (Å²) in [4.78, 5) is 11.5. The van der Waals surface area contributed by atoms with Crippen LogP contribution in [0.3, 0.4) is 0 Å². The van der Waals surface area contributed by atoms with Gasteiger partial charge in [-0.3, -0.25) is 4.79 Å². The predicted octanol–water partition coefficient (Wildman–Crippen LogP) is 3.40. The highest BCUT2D eigenvalue weighted by Gasteiger charge is 2.12. The highest BCUT2D eigenvalue weighted by molar-refractivity contribution is 5.76. The average molecular weight is 241 g/mol. The lowest BCUT2D eigenvalue weighted by Gasteiger charge is -2.20. The lowest BCUT2D eigenvalue weighted by Crippen LogP contribution is -2.40. The van der Waals surface area contributed by atoms with Gasteiger partial charge in [-0.2, -0.15) is 0 Å². The van der Waals surface area contributed by atoms with Crippen LogP contribution in [0.4, 0.5) is 0 Å². The van der Waals surface area contributed by atoms with Gasteiger partial charge in [0.15, 0.2) is 0 Å². The number of ether oxygens (including phenoxy) is 1. The summed E-state index contributed by atoms with van der Waals surface area (Å²) >= 11 is 0. The van der Waals surface area contributed by atoms with Gasteiger partial charge in [-0.25, -0.2) is 0 Å². The zero-order chi connectivity index (χ0) is 13.3. The van der Waals surface area contributed by atoms with E-state index in [1.165, 1.54) is 0 Å². The highest BCUT2D eigenvalue weighted by atomic mass is 16.5. The monoisotopic (exact) mass is 241 g/mol. The van der Waals surface area contributed by atoms with E-state index in [2.05, 4.69) is 11.9 Å². The van der Waals surface area contributed by atoms with Gasteiger partial charge >= 0.3 is 0 Å². The number of rotatable bonds is 8. The summed E-state index contributed by atoms with van der Waals surface area (Å²) in [6, 6.07) is 0. The fourth-order valence-corrected chi connectivity index (χ4v) is 1.47. The molecule has 0 unspecified atom stereocenters. The molecule has 0 atom stereocenters. The van der Waals surface area contributed by atoms with E-state index in [-0.39, 0.29) is 11.4 Å². The van der Waals surface area contributed by atoms with E-state index in [1.807, 2.05) is 27.7 Å². The van der Waals surface area contributed by atoms with Crippen LogP contribution in [-0.2, 0) is 9.53 Å². The van der Waals surface area contributed by atoms with Crippen molar-refractivity contribution < 1.29 is 9.53 Å². The minimum absolute atomic E-state index is 0.119. The minimum atomic E-state index is -0.119. The first-order valence-electron chi connectivity index (χ1n) is 6.40. The number of carbonyl (C=O) groups excluding carboxylic acids is 1. The number of amides is 1. The molecule has 0 saturated carbocycles. The molecule has 3 heteroatoms. The van der Waals surface area contributed by atoms with Crippen LogP contribution in [0.5, 0.6) is 0 Å². The number of hydrogen-bond acceptors (Lipinski definition) is 2. The first-order chi connectivity index (χ1) is 7.81. The number of unbranched alkanes of at least 4 members (excludes halogenated alkanes) is 3. The third-order valence-corrected chi connectivity index (χ3v) is 2.16. The lowest BCUT2D eigenvalue weighted by molar-refractivity contribution is -0.122. The third-order valence-electron chi connectivity index (χ3n) is 2.16. The number of carbonyl (C=O) groups is 1. The molecule has 0 radical (unpaired) electrons. The maximum atomic E-state index is 11.5. The van der Waals surface area contributed by atoms with Crippen molar-refractivity contribution in [3.63, 3.8) is 0 Å². The third kappa shape index (κ3) is 12.9. The van der Waals surface area contributed by atoms with Crippen molar-refractivity contribution in [3.05, 3.63) is 12.3 Å². The second-order valence-electron chi connectivity index (χ2n) is 5.51. The van der Waals surface area contributed by atoms with Crippen molar-refractivity contribution in [1.29, 1.82) is 0 Å². The summed E-state index contributed by atoms with van der Waals surface area (Å²) in [5.74, 6) is 0.922. The first kappa shape index (κ1) is 16.0. The molecular weight excluding hydrogens is 214 g/mol. The molecule has 0 spiro atoms. The van der Waals surface area contributed by atoms with E-state index in [1.54, 1.807) is 0 Å². The van der Waals surface area contributed by atoms with Crippen LogP contribution < -0.4 is 5.32 Å². The Morgan fingerprint density at radius 3 is 2.29 bits per heavy atom. The molecule has 17 heavy (non-hydrogen) atoms. The molecular formula is C14H27NO2. The van der Waals surface area contributed by atoms with Crippen molar-refractivity contribution in [2.45, 2.75) is 65.3 Å². The van der Waals surface area contributed by atoms with E-state index in [4.69, 9.17) is 4.74 Å². The van der Waals surface area contributed by atoms with Gasteiger partial charge < -0.3 is 10.1 Å². The second-order valence-corrected chi connectivity index (χ2v) is 5.51. The van der Waals surface area contributed by atoms with Crippen LogP contribution in [0.15, 0.2) is 12.3 Å². The predicted molar refractivity (Wildman–Crippen MR) is 71.7 cm³/mol. The van der Waals surface area contributed by atoms with Gasteiger partial charge in [0.2, 0.25) is 5.91 Å². The van der Waals surface area contributed by atoms with Crippen LogP contribution in [0.25, 0.3) is 0 Å². The van der Waals surface area contributed by atoms with Gasteiger partial charge in [-0.15, -0.1) is 0 Å². The van der Waals surface area contributed by atoms with Gasteiger partial charge in [0, 0.05) is 12.0 Å². The Morgan fingerprint density at radius 2 is 1.76 bits per heavy atom. The van der Waals surface area contributed by atoms with E-state index in [0.717, 1.165) is 38.0 Å². The smallest absolute Gasteiger partial charge is 0.220 e. The molecule has 0 aliphatic rings. The summed E-state index contributed by atoms with van der Waals surface area (Å²) in [5, 5.41) is 2.96. The van der Waals surface area contributed by atoms with Crippen LogP contribution in [-0.4, -0.2) is 18.1 Å². The SMILES string of the molecule is C=C(C)OCCCCCCC(=O)NC(C)(C)C. The highest BCUT2D eigenvalue weighted by Crippen LogP contribution is 2.06. The molecule has 0 aromatic heterocycles. The molecule has 0 aromatic rings. The second kappa shape index (κ2) is 8.15. The Bertz CT molecular complexity index is 241.